The molecular weight excluding hydrogens is 388 g/mol. The molecule has 2 saturated carbocycles. The van der Waals surface area contributed by atoms with Crippen LogP contribution in [0, 0.1) is 11.8 Å². The van der Waals surface area contributed by atoms with Crippen LogP contribution in [-0.2, 0) is 0 Å². The lowest BCUT2D eigenvalue weighted by atomic mass is 10.2. The first-order valence-corrected chi connectivity index (χ1v) is 11.0. The van der Waals surface area contributed by atoms with E-state index < -0.39 is 0 Å². The van der Waals surface area contributed by atoms with Crippen LogP contribution in [0.15, 0.2) is 18.7 Å². The number of nitrogens with zero attached hydrogens (tertiary/aromatic N) is 8. The lowest BCUT2D eigenvalue weighted by Crippen LogP contribution is -2.31. The lowest BCUT2D eigenvalue weighted by Gasteiger charge is -2.24. The van der Waals surface area contributed by atoms with Crippen LogP contribution in [-0.4, -0.2) is 54.5 Å². The molecule has 0 spiro atoms. The number of hydrogen-bond acceptors (Lipinski definition) is 8. The monoisotopic (exact) mass is 416 g/mol. The summed E-state index contributed by atoms with van der Waals surface area (Å²) in [5.74, 6) is 3.60. The van der Waals surface area contributed by atoms with Crippen LogP contribution in [0.5, 0.6) is 0 Å². The quantitative estimate of drug-likeness (QED) is 0.736. The van der Waals surface area contributed by atoms with Gasteiger partial charge >= 0.3 is 0 Å². The molecule has 2 aliphatic heterocycles. The first-order valence-electron chi connectivity index (χ1n) is 10.7. The second-order valence-electron chi connectivity index (χ2n) is 8.16. The van der Waals surface area contributed by atoms with Crippen molar-refractivity contribution >= 4 is 23.2 Å². The molecule has 6 unspecified atom stereocenters. The third-order valence-corrected chi connectivity index (χ3v) is 6.41. The summed E-state index contributed by atoms with van der Waals surface area (Å²) in [5.41, 5.74) is 0. The van der Waals surface area contributed by atoms with E-state index in [1.807, 2.05) is 20.0 Å². The van der Waals surface area contributed by atoms with Crippen LogP contribution in [0.3, 0.4) is 0 Å². The summed E-state index contributed by atoms with van der Waals surface area (Å²) in [5, 5.41) is 16.0. The number of rotatable bonds is 2. The van der Waals surface area contributed by atoms with Crippen molar-refractivity contribution in [2.24, 2.45) is 11.8 Å². The highest BCUT2D eigenvalue weighted by Crippen LogP contribution is 2.49. The maximum Gasteiger partial charge on any atom is 0.243 e. The van der Waals surface area contributed by atoms with Crippen LogP contribution < -0.4 is 9.80 Å². The van der Waals surface area contributed by atoms with Crippen molar-refractivity contribution in [3.8, 4) is 0 Å². The Kier molecular flexibility index (Phi) is 5.81. The van der Waals surface area contributed by atoms with Crippen LogP contribution in [0.4, 0.5) is 11.6 Å². The molecule has 0 amide bonds. The molecule has 2 aliphatic carbocycles. The van der Waals surface area contributed by atoms with Crippen molar-refractivity contribution in [3.63, 3.8) is 0 Å². The van der Waals surface area contributed by atoms with Gasteiger partial charge in [0, 0.05) is 24.2 Å². The standard InChI is InChI=1S/C9H11ClN4.C9H12N4.C2H6/c1-5-2-6-3-7(6)14(5)8-4-11-9(10)13-12-8;1-6-2-7-3-8(7)13(6)9-4-10-5-11-12-9;1-2/h4-7H,2-3H2,1H3;4-8H,2-3H2,1H3;1-2H3. The number of anilines is 2. The Bertz CT molecular complexity index is 800. The third kappa shape index (κ3) is 4.13. The maximum absolute atomic E-state index is 5.60. The van der Waals surface area contributed by atoms with Gasteiger partial charge in [0.1, 0.15) is 6.33 Å². The van der Waals surface area contributed by atoms with Gasteiger partial charge in [-0.2, -0.15) is 0 Å². The summed E-state index contributed by atoms with van der Waals surface area (Å²) in [4.78, 5) is 12.6. The molecule has 2 saturated heterocycles. The number of aromatic nitrogens is 6. The average molecular weight is 417 g/mol. The Labute approximate surface area is 177 Å². The fourth-order valence-corrected chi connectivity index (χ4v) is 5.02. The van der Waals surface area contributed by atoms with Gasteiger partial charge in [0.2, 0.25) is 5.28 Å². The van der Waals surface area contributed by atoms with Crippen molar-refractivity contribution < 1.29 is 0 Å². The molecule has 0 bridgehead atoms. The van der Waals surface area contributed by atoms with Crippen LogP contribution in [0.1, 0.15) is 53.4 Å². The van der Waals surface area contributed by atoms with E-state index in [4.69, 9.17) is 11.6 Å². The Morgan fingerprint density at radius 1 is 0.828 bits per heavy atom. The smallest absolute Gasteiger partial charge is 0.243 e. The Hall–Kier alpha value is -2.09. The van der Waals surface area contributed by atoms with Gasteiger partial charge in [-0.05, 0) is 63.0 Å². The minimum Gasteiger partial charge on any atom is -0.348 e. The van der Waals surface area contributed by atoms with Gasteiger partial charge in [-0.15, -0.1) is 20.4 Å². The highest BCUT2D eigenvalue weighted by atomic mass is 35.5. The average Bonchev–Trinajstić information content (AvgIpc) is 3.62. The van der Waals surface area contributed by atoms with Gasteiger partial charge in [-0.25, -0.2) is 9.97 Å². The zero-order valence-corrected chi connectivity index (χ0v) is 18.2. The Morgan fingerprint density at radius 3 is 1.83 bits per heavy atom. The minimum atomic E-state index is 0.216. The van der Waals surface area contributed by atoms with Crippen LogP contribution in [0.25, 0.3) is 0 Å². The van der Waals surface area contributed by atoms with Gasteiger partial charge in [0.25, 0.3) is 0 Å². The van der Waals surface area contributed by atoms with Gasteiger partial charge in [0.15, 0.2) is 11.6 Å². The molecule has 6 rings (SSSR count). The molecule has 2 aromatic heterocycles. The largest absolute Gasteiger partial charge is 0.348 e. The number of piperidine rings is 2. The summed E-state index contributed by atoms with van der Waals surface area (Å²) in [6.07, 6.45) is 10.2. The lowest BCUT2D eigenvalue weighted by molar-refractivity contribution is 0.635. The van der Waals surface area contributed by atoms with E-state index in [-0.39, 0.29) is 5.28 Å². The summed E-state index contributed by atoms with van der Waals surface area (Å²) >= 11 is 5.60. The highest BCUT2D eigenvalue weighted by molar-refractivity contribution is 6.28. The second-order valence-corrected chi connectivity index (χ2v) is 8.50. The Balaban J connectivity index is 0.000000131. The number of halogens is 1. The molecule has 29 heavy (non-hydrogen) atoms. The van der Waals surface area contributed by atoms with E-state index in [1.165, 1.54) is 32.0 Å². The number of hydrogen-bond donors (Lipinski definition) is 0. The predicted octanol–water partition coefficient (Wildman–Crippen LogP) is 3.40. The van der Waals surface area contributed by atoms with E-state index in [1.54, 1.807) is 6.20 Å². The molecule has 2 aromatic rings. The van der Waals surface area contributed by atoms with E-state index in [0.717, 1.165) is 29.5 Å². The van der Waals surface area contributed by atoms with Crippen molar-refractivity contribution in [2.45, 2.75) is 77.5 Å². The summed E-state index contributed by atoms with van der Waals surface area (Å²) < 4.78 is 0. The number of fused-ring (bicyclic) bond motifs is 2. The van der Waals surface area contributed by atoms with Gasteiger partial charge in [-0.3, -0.25) is 0 Å². The van der Waals surface area contributed by atoms with E-state index in [0.29, 0.717) is 18.1 Å². The summed E-state index contributed by atoms with van der Waals surface area (Å²) in [6.45, 7) is 8.48. The van der Waals surface area contributed by atoms with Gasteiger partial charge in [-0.1, -0.05) is 13.8 Å². The molecular formula is C20H29ClN8. The normalized spacial score (nSPS) is 33.0. The van der Waals surface area contributed by atoms with Gasteiger partial charge in [0.05, 0.1) is 12.4 Å². The molecule has 0 radical (unpaired) electrons. The first kappa shape index (κ1) is 20.2. The van der Waals surface area contributed by atoms with Gasteiger partial charge < -0.3 is 9.80 Å². The van der Waals surface area contributed by atoms with Crippen LogP contribution >= 0.6 is 11.6 Å². The summed E-state index contributed by atoms with van der Waals surface area (Å²) in [7, 11) is 0. The van der Waals surface area contributed by atoms with E-state index >= 15 is 0 Å². The third-order valence-electron chi connectivity index (χ3n) is 6.24. The van der Waals surface area contributed by atoms with Crippen molar-refractivity contribution in [1.29, 1.82) is 0 Å². The molecule has 8 nitrogen and oxygen atoms in total. The topological polar surface area (TPSA) is 83.8 Å². The van der Waals surface area contributed by atoms with Crippen LogP contribution in [0.2, 0.25) is 5.28 Å². The molecule has 4 heterocycles. The second kappa shape index (κ2) is 8.34. The fourth-order valence-electron chi connectivity index (χ4n) is 4.93. The molecule has 4 aliphatic rings. The Morgan fingerprint density at radius 2 is 1.41 bits per heavy atom. The predicted molar refractivity (Wildman–Crippen MR) is 113 cm³/mol. The molecule has 9 heteroatoms. The van der Waals surface area contributed by atoms with E-state index in [2.05, 4.69) is 54.0 Å². The SMILES string of the molecule is CC.CC1CC2CC2N1c1cnc(Cl)nn1.CC1CC2CC2N1c1cncnn1. The molecule has 156 valence electrons. The fraction of sp³-hybridized carbons (Fsp3) is 0.700. The maximum atomic E-state index is 5.60. The zero-order chi connectivity index (χ0) is 20.5. The van der Waals surface area contributed by atoms with E-state index in [9.17, 15) is 0 Å². The summed E-state index contributed by atoms with van der Waals surface area (Å²) in [6, 6.07) is 2.59. The first-order chi connectivity index (χ1) is 14.1. The highest BCUT2D eigenvalue weighted by Gasteiger charge is 2.51. The molecule has 4 fully saturated rings. The molecule has 0 aromatic carbocycles. The molecule has 0 N–H and O–H groups in total. The minimum absolute atomic E-state index is 0.216. The van der Waals surface area contributed by atoms with Crippen molar-refractivity contribution in [2.75, 3.05) is 9.80 Å². The van der Waals surface area contributed by atoms with Crippen molar-refractivity contribution in [1.82, 2.24) is 30.4 Å². The zero-order valence-electron chi connectivity index (χ0n) is 17.5. The molecule has 6 atom stereocenters. The van der Waals surface area contributed by atoms with Crippen molar-refractivity contribution in [3.05, 3.63) is 24.0 Å².